The van der Waals surface area contributed by atoms with Crippen LogP contribution in [0.15, 0.2) is 36.7 Å². The summed E-state index contributed by atoms with van der Waals surface area (Å²) in [6.07, 6.45) is 5.90. The van der Waals surface area contributed by atoms with Gasteiger partial charge in [0.25, 0.3) is 0 Å². The van der Waals surface area contributed by atoms with E-state index in [-0.39, 0.29) is 5.41 Å². The van der Waals surface area contributed by atoms with E-state index >= 15 is 0 Å². The molecule has 1 aromatic carbocycles. The van der Waals surface area contributed by atoms with Gasteiger partial charge in [0.2, 0.25) is 0 Å². The van der Waals surface area contributed by atoms with E-state index < -0.39 is 0 Å². The second-order valence-corrected chi connectivity index (χ2v) is 6.71. The van der Waals surface area contributed by atoms with Crippen LogP contribution < -0.4 is 5.32 Å². The normalized spacial score (nSPS) is 13.4. The molecule has 0 bridgehead atoms. The fraction of sp³-hybridized carbons (Fsp3) is 0.500. The van der Waals surface area contributed by atoms with Crippen LogP contribution >= 0.6 is 0 Å². The van der Waals surface area contributed by atoms with Gasteiger partial charge in [0.05, 0.1) is 0 Å². The van der Waals surface area contributed by atoms with Crippen LogP contribution in [0.4, 0.5) is 0 Å². The predicted molar refractivity (Wildman–Crippen MR) is 88.5 cm³/mol. The molecule has 3 nitrogen and oxygen atoms in total. The first-order valence-electron chi connectivity index (χ1n) is 7.65. The van der Waals surface area contributed by atoms with Crippen LogP contribution in [0.25, 0.3) is 0 Å². The van der Waals surface area contributed by atoms with E-state index in [9.17, 15) is 0 Å². The number of hydrogen-bond acceptors (Lipinski definition) is 2. The van der Waals surface area contributed by atoms with Crippen molar-refractivity contribution in [2.75, 3.05) is 7.05 Å². The van der Waals surface area contributed by atoms with E-state index in [1.807, 2.05) is 19.4 Å². The lowest BCUT2D eigenvalue weighted by molar-refractivity contribution is 0.534. The van der Waals surface area contributed by atoms with Gasteiger partial charge in [-0.15, -0.1) is 0 Å². The van der Waals surface area contributed by atoms with Crippen LogP contribution in [0.2, 0.25) is 0 Å². The minimum atomic E-state index is 0.209. The first kappa shape index (κ1) is 15.8. The largest absolute Gasteiger partial charge is 0.338 e. The number of hydrogen-bond donors (Lipinski definition) is 1. The summed E-state index contributed by atoms with van der Waals surface area (Å²) in [7, 11) is 4.08. The molecule has 0 amide bonds. The second kappa shape index (κ2) is 6.44. The van der Waals surface area contributed by atoms with Crippen molar-refractivity contribution < 1.29 is 0 Å². The standard InChI is InChI=1S/C18H27N3/c1-18(2,3)15-8-6-14(7-9-15)16(19-4)10-11-17-20-12-13-21(17)5/h6-9,12-13,16,19H,10-11H2,1-5H3. The van der Waals surface area contributed by atoms with Crippen molar-refractivity contribution in [2.45, 2.75) is 45.1 Å². The lowest BCUT2D eigenvalue weighted by Gasteiger charge is -2.21. The zero-order valence-corrected chi connectivity index (χ0v) is 13.9. The van der Waals surface area contributed by atoms with Gasteiger partial charge in [-0.05, 0) is 30.0 Å². The molecule has 0 radical (unpaired) electrons. The van der Waals surface area contributed by atoms with Crippen molar-refractivity contribution >= 4 is 0 Å². The van der Waals surface area contributed by atoms with E-state index in [2.05, 4.69) is 67.0 Å². The van der Waals surface area contributed by atoms with E-state index in [4.69, 9.17) is 0 Å². The third-order valence-corrected chi connectivity index (χ3v) is 4.11. The molecule has 0 spiro atoms. The van der Waals surface area contributed by atoms with Crippen molar-refractivity contribution in [1.82, 2.24) is 14.9 Å². The summed E-state index contributed by atoms with van der Waals surface area (Å²) in [6, 6.07) is 9.37. The first-order valence-corrected chi connectivity index (χ1v) is 7.65. The summed E-state index contributed by atoms with van der Waals surface area (Å²) in [4.78, 5) is 4.40. The Labute approximate surface area is 128 Å². The third-order valence-electron chi connectivity index (χ3n) is 4.11. The molecule has 0 aliphatic carbocycles. The number of rotatable bonds is 5. The Kier molecular flexibility index (Phi) is 4.84. The molecule has 21 heavy (non-hydrogen) atoms. The molecule has 1 atom stereocenters. The van der Waals surface area contributed by atoms with Gasteiger partial charge in [-0.1, -0.05) is 45.0 Å². The Hall–Kier alpha value is -1.61. The average molecular weight is 285 g/mol. The molecule has 1 heterocycles. The molecule has 0 aliphatic rings. The first-order chi connectivity index (χ1) is 9.91. The second-order valence-electron chi connectivity index (χ2n) is 6.71. The maximum Gasteiger partial charge on any atom is 0.108 e. The van der Waals surface area contributed by atoms with Gasteiger partial charge in [0, 0.05) is 31.9 Å². The topological polar surface area (TPSA) is 29.9 Å². The fourth-order valence-corrected chi connectivity index (χ4v) is 2.60. The number of imidazole rings is 1. The van der Waals surface area contributed by atoms with Gasteiger partial charge in [-0.3, -0.25) is 0 Å². The smallest absolute Gasteiger partial charge is 0.108 e. The molecule has 0 saturated carbocycles. The highest BCUT2D eigenvalue weighted by Crippen LogP contribution is 2.25. The minimum absolute atomic E-state index is 0.209. The Balaban J connectivity index is 2.05. The number of nitrogens with zero attached hydrogens (tertiary/aromatic N) is 2. The minimum Gasteiger partial charge on any atom is -0.338 e. The Morgan fingerprint density at radius 1 is 1.19 bits per heavy atom. The number of aromatic nitrogens is 2. The van der Waals surface area contributed by atoms with Gasteiger partial charge >= 0.3 is 0 Å². The summed E-state index contributed by atoms with van der Waals surface area (Å²) in [5.74, 6) is 1.14. The number of benzene rings is 1. The van der Waals surface area contributed by atoms with Gasteiger partial charge in [-0.2, -0.15) is 0 Å². The predicted octanol–water partition coefficient (Wildman–Crippen LogP) is 3.61. The highest BCUT2D eigenvalue weighted by atomic mass is 15.0. The van der Waals surface area contributed by atoms with Crippen molar-refractivity contribution in [1.29, 1.82) is 0 Å². The highest BCUT2D eigenvalue weighted by molar-refractivity contribution is 5.29. The van der Waals surface area contributed by atoms with Crippen LogP contribution in [-0.2, 0) is 18.9 Å². The van der Waals surface area contributed by atoms with Crippen LogP contribution in [0, 0.1) is 0 Å². The molecule has 0 saturated heterocycles. The van der Waals surface area contributed by atoms with Crippen molar-refractivity contribution in [3.63, 3.8) is 0 Å². The van der Waals surface area contributed by atoms with Crippen molar-refractivity contribution in [3.8, 4) is 0 Å². The number of aryl methyl sites for hydroxylation is 2. The summed E-state index contributed by atoms with van der Waals surface area (Å²) in [5, 5.41) is 3.42. The van der Waals surface area contributed by atoms with Crippen molar-refractivity contribution in [3.05, 3.63) is 53.6 Å². The molecule has 1 aromatic heterocycles. The maximum atomic E-state index is 4.40. The Morgan fingerprint density at radius 2 is 1.86 bits per heavy atom. The van der Waals surface area contributed by atoms with E-state index in [0.717, 1.165) is 18.7 Å². The lowest BCUT2D eigenvalue weighted by Crippen LogP contribution is -2.18. The molecular weight excluding hydrogens is 258 g/mol. The molecule has 0 fully saturated rings. The molecule has 3 heteroatoms. The SMILES string of the molecule is CNC(CCc1nccn1C)c1ccc(C(C)(C)C)cc1. The summed E-state index contributed by atoms with van der Waals surface area (Å²) in [5.41, 5.74) is 2.94. The summed E-state index contributed by atoms with van der Waals surface area (Å²) >= 11 is 0. The van der Waals surface area contributed by atoms with E-state index in [0.29, 0.717) is 6.04 Å². The quantitative estimate of drug-likeness (QED) is 0.909. The molecular formula is C18H27N3. The van der Waals surface area contributed by atoms with Crippen LogP contribution in [0.5, 0.6) is 0 Å². The average Bonchev–Trinajstić information content (AvgIpc) is 2.85. The van der Waals surface area contributed by atoms with Crippen molar-refractivity contribution in [2.24, 2.45) is 7.05 Å². The third kappa shape index (κ3) is 3.94. The Morgan fingerprint density at radius 3 is 2.33 bits per heavy atom. The molecule has 0 aliphatic heterocycles. The molecule has 1 N–H and O–H groups in total. The maximum absolute atomic E-state index is 4.40. The molecule has 1 unspecified atom stereocenters. The molecule has 114 valence electrons. The van der Waals surface area contributed by atoms with Gasteiger partial charge in [0.15, 0.2) is 0 Å². The molecule has 2 aromatic rings. The van der Waals surface area contributed by atoms with Gasteiger partial charge < -0.3 is 9.88 Å². The van der Waals surface area contributed by atoms with Crippen LogP contribution in [-0.4, -0.2) is 16.6 Å². The zero-order chi connectivity index (χ0) is 15.5. The fourth-order valence-electron chi connectivity index (χ4n) is 2.60. The van der Waals surface area contributed by atoms with E-state index in [1.54, 1.807) is 0 Å². The van der Waals surface area contributed by atoms with Crippen LogP contribution in [0.3, 0.4) is 0 Å². The Bertz CT molecular complexity index is 561. The number of nitrogens with one attached hydrogen (secondary N) is 1. The van der Waals surface area contributed by atoms with E-state index in [1.165, 1.54) is 11.1 Å². The summed E-state index contributed by atoms with van der Waals surface area (Å²) < 4.78 is 2.09. The van der Waals surface area contributed by atoms with Gasteiger partial charge in [-0.25, -0.2) is 4.98 Å². The zero-order valence-electron chi connectivity index (χ0n) is 13.9. The monoisotopic (exact) mass is 285 g/mol. The van der Waals surface area contributed by atoms with Gasteiger partial charge in [0.1, 0.15) is 5.82 Å². The summed E-state index contributed by atoms with van der Waals surface area (Å²) in [6.45, 7) is 6.75. The van der Waals surface area contributed by atoms with Crippen LogP contribution in [0.1, 0.15) is 50.2 Å². The lowest BCUT2D eigenvalue weighted by atomic mass is 9.86. The molecule has 2 rings (SSSR count). The highest BCUT2D eigenvalue weighted by Gasteiger charge is 2.15.